The molecule has 2 aliphatic heterocycles. The van der Waals surface area contributed by atoms with E-state index in [0.29, 0.717) is 30.9 Å². The van der Waals surface area contributed by atoms with Gasteiger partial charge in [0, 0.05) is 13.0 Å². The first-order valence-corrected chi connectivity index (χ1v) is 11.9. The number of nitrogens with one attached hydrogen (secondary N) is 3. The van der Waals surface area contributed by atoms with Crippen molar-refractivity contribution in [2.45, 2.75) is 57.0 Å². The Bertz CT molecular complexity index is 1090. The molecule has 2 aromatic rings. The predicted octanol–water partition coefficient (Wildman–Crippen LogP) is 3.17. The van der Waals surface area contributed by atoms with Crippen LogP contribution in [-0.4, -0.2) is 37.0 Å². The van der Waals surface area contributed by atoms with E-state index in [4.69, 9.17) is 0 Å². The summed E-state index contributed by atoms with van der Waals surface area (Å²) in [5, 5.41) is 18.5. The number of nitrogens with zero attached hydrogens (tertiary/aromatic N) is 1. The Hall–Kier alpha value is -3.24. The van der Waals surface area contributed by atoms with Crippen LogP contribution in [0.2, 0.25) is 0 Å². The van der Waals surface area contributed by atoms with E-state index in [1.807, 2.05) is 31.2 Å². The molecule has 1 saturated carbocycles. The number of amides is 2. The average molecular weight is 463 g/mol. The molecule has 2 heterocycles. The van der Waals surface area contributed by atoms with Gasteiger partial charge in [0.25, 0.3) is 0 Å². The van der Waals surface area contributed by atoms with E-state index >= 15 is 4.39 Å². The summed E-state index contributed by atoms with van der Waals surface area (Å²) in [7, 11) is 0. The molecule has 7 heteroatoms. The van der Waals surface area contributed by atoms with Gasteiger partial charge in [-0.25, -0.2) is 4.39 Å². The van der Waals surface area contributed by atoms with E-state index in [2.05, 4.69) is 22.0 Å². The van der Waals surface area contributed by atoms with Gasteiger partial charge in [0.1, 0.15) is 11.9 Å². The number of piperidine rings is 2. The largest absolute Gasteiger partial charge is 0.358 e. The molecular weight excluding hydrogens is 431 g/mol. The molecule has 0 aromatic heterocycles. The van der Waals surface area contributed by atoms with E-state index < -0.39 is 17.4 Å². The van der Waals surface area contributed by atoms with E-state index in [1.165, 1.54) is 6.07 Å². The fourth-order valence-corrected chi connectivity index (χ4v) is 5.12. The molecule has 1 aliphatic carbocycles. The van der Waals surface area contributed by atoms with Crippen LogP contribution in [0.4, 0.5) is 4.39 Å². The SMILES string of the molecule is Cc1ccc(-c2ccc(C[C@@H](C#N)NC(=O)C34CCC(CC3)CN4)c(F)c2)cc1CCNC=O. The van der Waals surface area contributed by atoms with E-state index in [-0.39, 0.29) is 12.3 Å². The second-order valence-electron chi connectivity index (χ2n) is 9.54. The second-order valence-corrected chi connectivity index (χ2v) is 9.54. The maximum Gasteiger partial charge on any atom is 0.241 e. The average Bonchev–Trinajstić information content (AvgIpc) is 2.87. The summed E-state index contributed by atoms with van der Waals surface area (Å²) >= 11 is 0. The smallest absolute Gasteiger partial charge is 0.241 e. The number of fused-ring (bicyclic) bond motifs is 3. The summed E-state index contributed by atoms with van der Waals surface area (Å²) in [6, 6.07) is 12.3. The molecule has 178 valence electrons. The number of nitriles is 1. The number of hydrogen-bond donors (Lipinski definition) is 3. The Balaban J connectivity index is 1.44. The lowest BCUT2D eigenvalue weighted by Gasteiger charge is -2.46. The van der Waals surface area contributed by atoms with Gasteiger partial charge in [-0.3, -0.25) is 9.59 Å². The Morgan fingerprint density at radius 1 is 1.24 bits per heavy atom. The van der Waals surface area contributed by atoms with Gasteiger partial charge in [-0.15, -0.1) is 0 Å². The van der Waals surface area contributed by atoms with Crippen LogP contribution in [0, 0.1) is 30.0 Å². The zero-order chi connectivity index (χ0) is 24.1. The monoisotopic (exact) mass is 462 g/mol. The van der Waals surface area contributed by atoms with Crippen LogP contribution in [-0.2, 0) is 22.4 Å². The summed E-state index contributed by atoms with van der Waals surface area (Å²) in [6.07, 6.45) is 5.12. The highest BCUT2D eigenvalue weighted by atomic mass is 19.1. The van der Waals surface area contributed by atoms with Crippen molar-refractivity contribution in [3.05, 3.63) is 58.9 Å². The minimum atomic E-state index is -0.792. The normalized spacial score (nSPS) is 22.0. The van der Waals surface area contributed by atoms with Gasteiger partial charge in [-0.2, -0.15) is 5.26 Å². The van der Waals surface area contributed by atoms with Crippen molar-refractivity contribution in [2.75, 3.05) is 13.1 Å². The highest BCUT2D eigenvalue weighted by Gasteiger charge is 2.46. The van der Waals surface area contributed by atoms with Crippen LogP contribution >= 0.6 is 0 Å². The Labute approximate surface area is 199 Å². The lowest BCUT2D eigenvalue weighted by atomic mass is 9.71. The molecule has 2 aromatic carbocycles. The fourth-order valence-electron chi connectivity index (χ4n) is 5.12. The van der Waals surface area contributed by atoms with Crippen LogP contribution in [0.3, 0.4) is 0 Å². The van der Waals surface area contributed by atoms with Crippen molar-refractivity contribution < 1.29 is 14.0 Å². The second kappa shape index (κ2) is 10.4. The molecule has 2 amide bonds. The molecule has 34 heavy (non-hydrogen) atoms. The molecule has 0 spiro atoms. The summed E-state index contributed by atoms with van der Waals surface area (Å²) < 4.78 is 15.0. The van der Waals surface area contributed by atoms with Crippen LogP contribution < -0.4 is 16.0 Å². The number of benzene rings is 2. The van der Waals surface area contributed by atoms with E-state index in [9.17, 15) is 14.9 Å². The van der Waals surface area contributed by atoms with Crippen LogP contribution in [0.15, 0.2) is 36.4 Å². The molecule has 0 unspecified atom stereocenters. The first-order valence-electron chi connectivity index (χ1n) is 11.9. The van der Waals surface area contributed by atoms with Gasteiger partial charge in [0.2, 0.25) is 12.3 Å². The van der Waals surface area contributed by atoms with Gasteiger partial charge in [0.05, 0.1) is 11.6 Å². The Kier molecular flexibility index (Phi) is 7.28. The van der Waals surface area contributed by atoms with E-state index in [0.717, 1.165) is 54.5 Å². The third kappa shape index (κ3) is 5.13. The fraction of sp³-hybridized carbons (Fsp3) is 0.444. The van der Waals surface area contributed by atoms with Crippen molar-refractivity contribution in [2.24, 2.45) is 5.92 Å². The molecule has 3 fully saturated rings. The summed E-state index contributed by atoms with van der Waals surface area (Å²) in [5.74, 6) is 0.100. The highest BCUT2D eigenvalue weighted by Crippen LogP contribution is 2.37. The van der Waals surface area contributed by atoms with Crippen molar-refractivity contribution in [1.29, 1.82) is 5.26 Å². The van der Waals surface area contributed by atoms with Crippen molar-refractivity contribution in [3.8, 4) is 17.2 Å². The highest BCUT2D eigenvalue weighted by molar-refractivity contribution is 5.87. The van der Waals surface area contributed by atoms with Crippen LogP contribution in [0.25, 0.3) is 11.1 Å². The first kappa shape index (κ1) is 23.9. The minimum absolute atomic E-state index is 0.115. The summed E-state index contributed by atoms with van der Waals surface area (Å²) in [5.41, 5.74) is 3.65. The number of aryl methyl sites for hydroxylation is 1. The first-order chi connectivity index (χ1) is 16.4. The van der Waals surface area contributed by atoms with Gasteiger partial charge in [-0.05, 0) is 85.4 Å². The van der Waals surface area contributed by atoms with Gasteiger partial charge in [-0.1, -0.05) is 30.3 Å². The maximum absolute atomic E-state index is 15.0. The topological polar surface area (TPSA) is 94.0 Å². The molecule has 6 nitrogen and oxygen atoms in total. The minimum Gasteiger partial charge on any atom is -0.358 e. The number of carbonyl (C=O) groups excluding carboxylic acids is 2. The third-order valence-electron chi connectivity index (χ3n) is 7.37. The molecular formula is C27H31FN4O2. The van der Waals surface area contributed by atoms with Gasteiger partial charge >= 0.3 is 0 Å². The van der Waals surface area contributed by atoms with Crippen LogP contribution in [0.1, 0.15) is 42.4 Å². The van der Waals surface area contributed by atoms with Crippen molar-refractivity contribution in [3.63, 3.8) is 0 Å². The number of halogens is 1. The molecule has 2 bridgehead atoms. The van der Waals surface area contributed by atoms with Crippen molar-refractivity contribution >= 4 is 12.3 Å². The zero-order valence-electron chi connectivity index (χ0n) is 19.5. The van der Waals surface area contributed by atoms with Gasteiger partial charge < -0.3 is 16.0 Å². The van der Waals surface area contributed by atoms with Crippen molar-refractivity contribution in [1.82, 2.24) is 16.0 Å². The lowest BCUT2D eigenvalue weighted by molar-refractivity contribution is -0.131. The quantitative estimate of drug-likeness (QED) is 0.394. The van der Waals surface area contributed by atoms with Gasteiger partial charge in [0.15, 0.2) is 0 Å². The molecule has 1 atom stereocenters. The van der Waals surface area contributed by atoms with E-state index in [1.54, 1.807) is 6.07 Å². The maximum atomic E-state index is 15.0. The zero-order valence-corrected chi connectivity index (χ0v) is 19.5. The third-order valence-corrected chi connectivity index (χ3v) is 7.37. The molecule has 3 N–H and O–H groups in total. The number of carbonyl (C=O) groups is 2. The lowest BCUT2D eigenvalue weighted by Crippen LogP contribution is -2.64. The number of hydrogen-bond acceptors (Lipinski definition) is 4. The Morgan fingerprint density at radius 3 is 2.62 bits per heavy atom. The van der Waals surface area contributed by atoms with Crippen LogP contribution in [0.5, 0.6) is 0 Å². The molecule has 2 saturated heterocycles. The summed E-state index contributed by atoms with van der Waals surface area (Å²) in [4.78, 5) is 23.5. The Morgan fingerprint density at radius 2 is 1.97 bits per heavy atom. The number of rotatable bonds is 9. The predicted molar refractivity (Wildman–Crippen MR) is 128 cm³/mol. The molecule has 0 radical (unpaired) electrons. The summed E-state index contributed by atoms with van der Waals surface area (Å²) in [6.45, 7) is 3.39. The standard InChI is InChI=1S/C27H31FN4O2/c1-18-2-3-21(12-20(18)8-11-30-17-33)22-4-5-23(25(28)14-22)13-24(15-29)32-26(34)27-9-6-19(7-10-27)16-31-27/h2-5,12,14,17,19,24,31H,6-11,13,16H2,1H3,(H,30,33)(H,32,34)/t19?,24-,27?/m0/s1. The molecule has 3 aliphatic rings. The molecule has 5 rings (SSSR count).